The smallest absolute Gasteiger partial charge is 0.337 e. The second kappa shape index (κ2) is 9.25. The zero-order valence-electron chi connectivity index (χ0n) is 17.5. The summed E-state index contributed by atoms with van der Waals surface area (Å²) in [5, 5.41) is 0. The van der Waals surface area contributed by atoms with Gasteiger partial charge in [-0.05, 0) is 49.2 Å². The number of sulfonamides is 1. The summed E-state index contributed by atoms with van der Waals surface area (Å²) in [5.41, 5.74) is 0.386. The van der Waals surface area contributed by atoms with Gasteiger partial charge in [0.2, 0.25) is 0 Å². The van der Waals surface area contributed by atoms with Crippen molar-refractivity contribution < 1.29 is 32.2 Å². The number of rotatable bonds is 7. The van der Waals surface area contributed by atoms with Crippen LogP contribution < -0.4 is 14.2 Å². The Balaban J connectivity index is 1.98. The van der Waals surface area contributed by atoms with E-state index in [9.17, 15) is 18.0 Å². The molecule has 10 heteroatoms. The van der Waals surface area contributed by atoms with Crippen LogP contribution in [0.25, 0.3) is 0 Å². The third-order valence-corrected chi connectivity index (χ3v) is 6.33. The van der Waals surface area contributed by atoms with Crippen LogP contribution in [0.15, 0.2) is 41.3 Å². The van der Waals surface area contributed by atoms with Gasteiger partial charge in [0.15, 0.2) is 0 Å². The van der Waals surface area contributed by atoms with Crippen LogP contribution in [-0.2, 0) is 14.8 Å². The van der Waals surface area contributed by atoms with E-state index < -0.39 is 16.0 Å². The lowest BCUT2D eigenvalue weighted by atomic mass is 10.1. The number of nitrogens with zero attached hydrogens (tertiary/aromatic N) is 1. The maximum atomic E-state index is 13.1. The lowest BCUT2D eigenvalue weighted by Gasteiger charge is -2.18. The zero-order valence-corrected chi connectivity index (χ0v) is 18.3. The van der Waals surface area contributed by atoms with E-state index in [-0.39, 0.29) is 33.4 Å². The summed E-state index contributed by atoms with van der Waals surface area (Å²) in [6.45, 7) is 1.24. The van der Waals surface area contributed by atoms with Crippen molar-refractivity contribution in [2.45, 2.75) is 17.7 Å². The van der Waals surface area contributed by atoms with Crippen LogP contribution in [-0.4, -0.2) is 59.6 Å². The molecule has 0 unspecified atom stereocenters. The number of hydrogen-bond acceptors (Lipinski definition) is 7. The third-order valence-electron chi connectivity index (χ3n) is 4.97. The summed E-state index contributed by atoms with van der Waals surface area (Å²) in [6, 6.07) is 8.32. The molecule has 1 heterocycles. The second-order valence-electron chi connectivity index (χ2n) is 6.87. The highest BCUT2D eigenvalue weighted by molar-refractivity contribution is 7.92. The number of carbonyl (C=O) groups excluding carboxylic acids is 2. The van der Waals surface area contributed by atoms with Crippen LogP contribution in [0.3, 0.4) is 0 Å². The minimum Gasteiger partial charge on any atom is -0.496 e. The molecule has 2 aromatic rings. The Morgan fingerprint density at radius 3 is 2.19 bits per heavy atom. The van der Waals surface area contributed by atoms with Gasteiger partial charge < -0.3 is 19.1 Å². The molecule has 166 valence electrons. The highest BCUT2D eigenvalue weighted by Crippen LogP contribution is 2.30. The Bertz CT molecular complexity index is 1090. The van der Waals surface area contributed by atoms with Crippen molar-refractivity contribution in [1.29, 1.82) is 0 Å². The molecule has 1 N–H and O–H groups in total. The van der Waals surface area contributed by atoms with Gasteiger partial charge in [-0.2, -0.15) is 0 Å². The second-order valence-corrected chi connectivity index (χ2v) is 8.56. The van der Waals surface area contributed by atoms with E-state index in [0.717, 1.165) is 12.8 Å². The van der Waals surface area contributed by atoms with Gasteiger partial charge in [-0.25, -0.2) is 13.2 Å². The quantitative estimate of drug-likeness (QED) is 0.648. The molecule has 3 rings (SSSR count). The number of anilines is 1. The van der Waals surface area contributed by atoms with Crippen LogP contribution >= 0.6 is 0 Å². The molecule has 0 spiro atoms. The minimum atomic E-state index is -4.11. The molecule has 0 aliphatic carbocycles. The zero-order chi connectivity index (χ0) is 22.6. The minimum absolute atomic E-state index is 0.0636. The Morgan fingerprint density at radius 1 is 0.935 bits per heavy atom. The molecule has 1 aliphatic heterocycles. The van der Waals surface area contributed by atoms with Crippen LogP contribution in [0.2, 0.25) is 0 Å². The van der Waals surface area contributed by atoms with Crippen molar-refractivity contribution >= 4 is 27.6 Å². The number of ether oxygens (including phenoxy) is 3. The van der Waals surface area contributed by atoms with Gasteiger partial charge in [-0.15, -0.1) is 0 Å². The van der Waals surface area contributed by atoms with Crippen LogP contribution in [0.5, 0.6) is 11.5 Å². The topological polar surface area (TPSA) is 111 Å². The SMILES string of the molecule is COC(=O)c1ccc(OC)c(NS(=O)(=O)c2ccc(OC)c(C(=O)N3CCCC3)c2)c1. The fourth-order valence-corrected chi connectivity index (χ4v) is 4.44. The van der Waals surface area contributed by atoms with Crippen molar-refractivity contribution in [2.24, 2.45) is 0 Å². The number of methoxy groups -OCH3 is 3. The molecule has 2 aromatic carbocycles. The molecule has 0 atom stereocenters. The Hall–Kier alpha value is -3.27. The predicted octanol–water partition coefficient (Wildman–Crippen LogP) is 2.53. The fourth-order valence-electron chi connectivity index (χ4n) is 3.35. The first-order valence-electron chi connectivity index (χ1n) is 9.57. The maximum absolute atomic E-state index is 13.1. The average molecular weight is 448 g/mol. The molecular formula is C21H24N2O7S. The highest BCUT2D eigenvalue weighted by atomic mass is 32.2. The fraction of sp³-hybridized carbons (Fsp3) is 0.333. The first-order chi connectivity index (χ1) is 14.8. The van der Waals surface area contributed by atoms with E-state index in [1.807, 2.05) is 0 Å². The van der Waals surface area contributed by atoms with Crippen LogP contribution in [0.1, 0.15) is 33.6 Å². The summed E-state index contributed by atoms with van der Waals surface area (Å²) in [7, 11) is -0.0768. The molecule has 9 nitrogen and oxygen atoms in total. The third kappa shape index (κ3) is 4.74. The number of carbonyl (C=O) groups is 2. The van der Waals surface area contributed by atoms with E-state index in [1.54, 1.807) is 4.90 Å². The molecule has 1 saturated heterocycles. The van der Waals surface area contributed by atoms with E-state index in [4.69, 9.17) is 9.47 Å². The Kier molecular flexibility index (Phi) is 6.69. The Labute approximate surface area is 181 Å². The van der Waals surface area contributed by atoms with Gasteiger partial charge >= 0.3 is 5.97 Å². The summed E-state index contributed by atoms with van der Waals surface area (Å²) in [6.07, 6.45) is 1.81. The first kappa shape index (κ1) is 22.4. The first-order valence-corrected chi connectivity index (χ1v) is 11.1. The van der Waals surface area contributed by atoms with Crippen LogP contribution in [0.4, 0.5) is 5.69 Å². The number of nitrogens with one attached hydrogen (secondary N) is 1. The lowest BCUT2D eigenvalue weighted by Crippen LogP contribution is -2.28. The van der Waals surface area contributed by atoms with Crippen molar-refractivity contribution in [3.05, 3.63) is 47.5 Å². The lowest BCUT2D eigenvalue weighted by molar-refractivity contribution is 0.0600. The van der Waals surface area contributed by atoms with Gasteiger partial charge in [-0.3, -0.25) is 9.52 Å². The van der Waals surface area contributed by atoms with Crippen LogP contribution in [0, 0.1) is 0 Å². The number of likely N-dealkylation sites (tertiary alicyclic amines) is 1. The summed E-state index contributed by atoms with van der Waals surface area (Å²) in [5.74, 6) is -0.387. The van der Waals surface area contributed by atoms with Crippen molar-refractivity contribution in [3.63, 3.8) is 0 Å². The average Bonchev–Trinajstić information content (AvgIpc) is 3.32. The predicted molar refractivity (Wildman–Crippen MR) is 113 cm³/mol. The number of esters is 1. The maximum Gasteiger partial charge on any atom is 0.337 e. The van der Waals surface area contributed by atoms with Gasteiger partial charge in [0.25, 0.3) is 15.9 Å². The van der Waals surface area contributed by atoms with Crippen molar-refractivity contribution in [2.75, 3.05) is 39.1 Å². The molecule has 1 fully saturated rings. The normalized spacial score (nSPS) is 13.6. The number of hydrogen-bond donors (Lipinski definition) is 1. The summed E-state index contributed by atoms with van der Waals surface area (Å²) >= 11 is 0. The summed E-state index contributed by atoms with van der Waals surface area (Å²) in [4.78, 5) is 26.2. The van der Waals surface area contributed by atoms with Gasteiger partial charge in [0, 0.05) is 13.1 Å². The van der Waals surface area contributed by atoms with E-state index in [1.165, 1.54) is 57.7 Å². The Morgan fingerprint density at radius 2 is 1.58 bits per heavy atom. The molecule has 0 aromatic heterocycles. The van der Waals surface area contributed by atoms with Gasteiger partial charge in [0.1, 0.15) is 11.5 Å². The molecule has 0 radical (unpaired) electrons. The molecule has 1 amide bonds. The molecule has 1 aliphatic rings. The molecular weight excluding hydrogens is 424 g/mol. The highest BCUT2D eigenvalue weighted by Gasteiger charge is 2.26. The number of benzene rings is 2. The van der Waals surface area contributed by atoms with Crippen molar-refractivity contribution in [1.82, 2.24) is 4.90 Å². The van der Waals surface area contributed by atoms with Crippen molar-refractivity contribution in [3.8, 4) is 11.5 Å². The van der Waals surface area contributed by atoms with E-state index in [0.29, 0.717) is 18.8 Å². The molecule has 0 bridgehead atoms. The molecule has 0 saturated carbocycles. The van der Waals surface area contributed by atoms with Gasteiger partial charge in [-0.1, -0.05) is 0 Å². The van der Waals surface area contributed by atoms with E-state index >= 15 is 0 Å². The molecule has 31 heavy (non-hydrogen) atoms. The van der Waals surface area contributed by atoms with Gasteiger partial charge in [0.05, 0.1) is 43.0 Å². The number of amides is 1. The standard InChI is InChI=1S/C21H24N2O7S/c1-28-18-9-7-15(13-16(18)20(24)23-10-4-5-11-23)31(26,27)22-17-12-14(21(25)30-3)6-8-19(17)29-2/h6-9,12-13,22H,4-5,10-11H2,1-3H3. The summed E-state index contributed by atoms with van der Waals surface area (Å²) < 4.78 is 43.7. The monoisotopic (exact) mass is 448 g/mol. The van der Waals surface area contributed by atoms with E-state index in [2.05, 4.69) is 9.46 Å². The largest absolute Gasteiger partial charge is 0.496 e.